The maximum Gasteiger partial charge on any atom is 0.119 e. The maximum absolute atomic E-state index is 9.90. The van der Waals surface area contributed by atoms with Crippen LogP contribution in [0.3, 0.4) is 0 Å². The van der Waals surface area contributed by atoms with E-state index < -0.39 is 0 Å². The van der Waals surface area contributed by atoms with Crippen molar-refractivity contribution in [2.45, 2.75) is 51.4 Å². The van der Waals surface area contributed by atoms with E-state index in [0.717, 1.165) is 23.5 Å². The van der Waals surface area contributed by atoms with Crippen molar-refractivity contribution in [3.05, 3.63) is 29.3 Å². The highest BCUT2D eigenvalue weighted by atomic mass is 16.5. The molecule has 1 N–H and O–H groups in total. The van der Waals surface area contributed by atoms with E-state index in [1.165, 1.54) is 44.1 Å². The molecule has 6 atom stereocenters. The van der Waals surface area contributed by atoms with Crippen molar-refractivity contribution < 1.29 is 9.84 Å². The minimum atomic E-state index is 0.400. The average molecular weight is 312 g/mol. The summed E-state index contributed by atoms with van der Waals surface area (Å²) in [6.45, 7) is 2.92. The highest BCUT2D eigenvalue weighted by molar-refractivity contribution is 5.42. The molecule has 4 aliphatic rings. The second-order valence-electron chi connectivity index (χ2n) is 8.83. The molecule has 0 radical (unpaired) electrons. The first-order chi connectivity index (χ1) is 11.1. The summed E-state index contributed by atoms with van der Waals surface area (Å²) in [5, 5.41) is 9.90. The zero-order valence-electron chi connectivity index (χ0n) is 14.3. The summed E-state index contributed by atoms with van der Waals surface area (Å²) in [6.07, 6.45) is 7.89. The third kappa shape index (κ3) is 1.59. The van der Waals surface area contributed by atoms with Crippen molar-refractivity contribution in [1.29, 1.82) is 0 Å². The lowest BCUT2D eigenvalue weighted by molar-refractivity contribution is -0.0273. The van der Waals surface area contributed by atoms with Crippen LogP contribution < -0.4 is 4.74 Å². The minimum absolute atomic E-state index is 0.400. The number of hydrogen-bond acceptors (Lipinski definition) is 2. The Bertz CT molecular complexity index is 653. The normalized spacial score (nSPS) is 46.4. The molecule has 1 aromatic carbocycles. The van der Waals surface area contributed by atoms with E-state index >= 15 is 0 Å². The first kappa shape index (κ1) is 14.3. The average Bonchev–Trinajstić information content (AvgIpc) is 3.24. The Morgan fingerprint density at radius 3 is 2.96 bits per heavy atom. The predicted octanol–water partition coefficient (Wildman–Crippen LogP) is 4.16. The molecule has 0 unspecified atom stereocenters. The maximum atomic E-state index is 9.90. The second kappa shape index (κ2) is 4.53. The summed E-state index contributed by atoms with van der Waals surface area (Å²) < 4.78 is 5.43. The van der Waals surface area contributed by atoms with E-state index in [0.29, 0.717) is 23.4 Å². The lowest BCUT2D eigenvalue weighted by Gasteiger charge is -2.53. The summed E-state index contributed by atoms with van der Waals surface area (Å²) in [6, 6.07) is 6.77. The third-order valence-corrected chi connectivity index (χ3v) is 8.50. The van der Waals surface area contributed by atoms with Gasteiger partial charge in [0.2, 0.25) is 0 Å². The van der Waals surface area contributed by atoms with Gasteiger partial charge in [0, 0.05) is 6.61 Å². The van der Waals surface area contributed by atoms with Gasteiger partial charge in [0.1, 0.15) is 5.75 Å². The number of aryl methyl sites for hydroxylation is 1. The van der Waals surface area contributed by atoms with Crippen LogP contribution in [0.2, 0.25) is 0 Å². The Kier molecular flexibility index (Phi) is 2.83. The van der Waals surface area contributed by atoms with Crippen molar-refractivity contribution in [3.63, 3.8) is 0 Å². The van der Waals surface area contributed by atoms with Gasteiger partial charge in [-0.3, -0.25) is 0 Å². The van der Waals surface area contributed by atoms with Gasteiger partial charge in [-0.15, -0.1) is 0 Å². The minimum Gasteiger partial charge on any atom is -0.497 e. The van der Waals surface area contributed by atoms with Gasteiger partial charge in [0.25, 0.3) is 0 Å². The smallest absolute Gasteiger partial charge is 0.119 e. The first-order valence-corrected chi connectivity index (χ1v) is 9.41. The topological polar surface area (TPSA) is 29.5 Å². The van der Waals surface area contributed by atoms with Gasteiger partial charge in [-0.05, 0) is 96.3 Å². The van der Waals surface area contributed by atoms with Gasteiger partial charge in [0.05, 0.1) is 7.11 Å². The van der Waals surface area contributed by atoms with Crippen molar-refractivity contribution in [2.24, 2.45) is 28.6 Å². The molecule has 1 aromatic rings. The van der Waals surface area contributed by atoms with Gasteiger partial charge >= 0.3 is 0 Å². The summed E-state index contributed by atoms with van der Waals surface area (Å²) >= 11 is 0. The van der Waals surface area contributed by atoms with Crippen LogP contribution in [-0.2, 0) is 6.42 Å². The molecule has 3 saturated carbocycles. The lowest BCUT2D eigenvalue weighted by atomic mass is 9.51. The van der Waals surface area contributed by atoms with Crippen LogP contribution in [-0.4, -0.2) is 18.8 Å². The van der Waals surface area contributed by atoms with Crippen molar-refractivity contribution in [1.82, 2.24) is 0 Å². The van der Waals surface area contributed by atoms with Crippen LogP contribution in [0.15, 0.2) is 18.2 Å². The Morgan fingerprint density at radius 1 is 1.30 bits per heavy atom. The van der Waals surface area contributed by atoms with E-state index in [-0.39, 0.29) is 0 Å². The number of aliphatic hydroxyl groups is 1. The molecule has 0 bridgehead atoms. The molecule has 0 saturated heterocycles. The van der Waals surface area contributed by atoms with E-state index in [1.807, 2.05) is 0 Å². The van der Waals surface area contributed by atoms with Gasteiger partial charge in [-0.2, -0.15) is 0 Å². The number of methoxy groups -OCH3 is 1. The zero-order valence-corrected chi connectivity index (χ0v) is 14.3. The van der Waals surface area contributed by atoms with Gasteiger partial charge in [0.15, 0.2) is 0 Å². The molecule has 3 fully saturated rings. The van der Waals surface area contributed by atoms with Crippen molar-refractivity contribution in [3.8, 4) is 5.75 Å². The summed E-state index contributed by atoms with van der Waals surface area (Å²) in [5.74, 6) is 4.06. The fourth-order valence-electron chi connectivity index (χ4n) is 7.36. The molecule has 0 aromatic heterocycles. The monoisotopic (exact) mass is 312 g/mol. The fourth-order valence-corrected chi connectivity index (χ4v) is 7.36. The molecule has 23 heavy (non-hydrogen) atoms. The molecule has 0 aliphatic heterocycles. The van der Waals surface area contributed by atoms with Crippen molar-refractivity contribution in [2.75, 3.05) is 13.7 Å². The summed E-state index contributed by atoms with van der Waals surface area (Å²) in [7, 11) is 1.76. The standard InChI is InChI=1S/C21H28O2/c1-20-8-7-18-17-5-4-16(23-2)9-13(17)3-6-19(18)21(20)11-14(21)10-15(20)12-22/h4-5,9,14-15,18-19,22H,3,6-8,10-12H2,1-2H3/t14-,15+,18-,19-,20-,21-/m1/s1. The molecule has 0 amide bonds. The van der Waals surface area contributed by atoms with Gasteiger partial charge in [-0.1, -0.05) is 13.0 Å². The Balaban J connectivity index is 1.54. The molecule has 2 heteroatoms. The molecule has 5 rings (SSSR count). The SMILES string of the molecule is COc1ccc2c(c1)CC[C@@H]1[C@@H]2CC[C@]2(C)[C@H](CO)C[C@@H]3C[C@@]312. The highest BCUT2D eigenvalue weighted by Gasteiger charge is 2.76. The lowest BCUT2D eigenvalue weighted by Crippen LogP contribution is -2.46. The predicted molar refractivity (Wildman–Crippen MR) is 90.6 cm³/mol. The highest BCUT2D eigenvalue weighted by Crippen LogP contribution is 2.83. The molecule has 0 heterocycles. The molecule has 124 valence electrons. The molecule has 1 spiro atoms. The number of rotatable bonds is 2. The number of benzene rings is 1. The largest absolute Gasteiger partial charge is 0.497 e. The second-order valence-corrected chi connectivity index (χ2v) is 8.83. The summed E-state index contributed by atoms with van der Waals surface area (Å²) in [4.78, 5) is 0. The number of aliphatic hydroxyl groups excluding tert-OH is 1. The Labute approximate surface area is 139 Å². The van der Waals surface area contributed by atoms with E-state index in [4.69, 9.17) is 4.74 Å². The first-order valence-electron chi connectivity index (χ1n) is 9.41. The van der Waals surface area contributed by atoms with Crippen LogP contribution in [0.4, 0.5) is 0 Å². The number of hydrogen-bond donors (Lipinski definition) is 1. The molecule has 2 nitrogen and oxygen atoms in total. The Morgan fingerprint density at radius 2 is 2.17 bits per heavy atom. The van der Waals surface area contributed by atoms with Gasteiger partial charge in [-0.25, -0.2) is 0 Å². The molecular weight excluding hydrogens is 284 g/mol. The van der Waals surface area contributed by atoms with Crippen LogP contribution in [0.1, 0.15) is 56.1 Å². The van der Waals surface area contributed by atoms with Crippen LogP contribution >= 0.6 is 0 Å². The van der Waals surface area contributed by atoms with E-state index in [2.05, 4.69) is 25.1 Å². The van der Waals surface area contributed by atoms with Crippen LogP contribution in [0, 0.1) is 28.6 Å². The van der Waals surface area contributed by atoms with E-state index in [1.54, 1.807) is 12.7 Å². The zero-order chi connectivity index (χ0) is 15.8. The van der Waals surface area contributed by atoms with Crippen LogP contribution in [0.25, 0.3) is 0 Å². The van der Waals surface area contributed by atoms with Crippen LogP contribution in [0.5, 0.6) is 5.75 Å². The fraction of sp³-hybridized carbons (Fsp3) is 0.714. The molecule has 4 aliphatic carbocycles. The quantitative estimate of drug-likeness (QED) is 0.888. The molecular formula is C21H28O2. The van der Waals surface area contributed by atoms with E-state index in [9.17, 15) is 5.11 Å². The number of fused-ring (bicyclic) bond motifs is 3. The van der Waals surface area contributed by atoms with Gasteiger partial charge < -0.3 is 9.84 Å². The van der Waals surface area contributed by atoms with Crippen molar-refractivity contribution >= 4 is 0 Å². The third-order valence-electron chi connectivity index (χ3n) is 8.50. The summed E-state index contributed by atoms with van der Waals surface area (Å²) in [5.41, 5.74) is 4.09. The number of ether oxygens (including phenoxy) is 1. The Hall–Kier alpha value is -1.02.